The molecule has 0 saturated carbocycles. The van der Waals surface area contributed by atoms with Crippen LogP contribution in [0.2, 0.25) is 25.7 Å². The molecule has 0 spiro atoms. The molecule has 1 aliphatic rings. The van der Waals surface area contributed by atoms with Crippen LogP contribution in [0.15, 0.2) is 36.4 Å². The minimum Gasteiger partial charge on any atom is -0.489 e. The molecule has 1 heterocycles. The summed E-state index contributed by atoms with van der Waals surface area (Å²) >= 11 is 0. The molecule has 8 nitrogen and oxygen atoms in total. The fraction of sp³-hybridized carbons (Fsp3) is 0.444. The van der Waals surface area contributed by atoms with Gasteiger partial charge in [0.1, 0.15) is 11.2 Å². The summed E-state index contributed by atoms with van der Waals surface area (Å²) in [6.07, 6.45) is 0.507. The fourth-order valence-corrected chi connectivity index (χ4v) is 4.24. The van der Waals surface area contributed by atoms with Crippen molar-refractivity contribution in [2.24, 2.45) is 0 Å². The molecule has 3 rings (SSSR count). The second-order valence-electron chi connectivity index (χ2n) is 10.9. The van der Waals surface area contributed by atoms with Gasteiger partial charge in [0.15, 0.2) is 11.5 Å². The molecule has 9 heteroatoms. The van der Waals surface area contributed by atoms with Gasteiger partial charge in [-0.05, 0) is 75.6 Å². The van der Waals surface area contributed by atoms with Crippen LogP contribution in [0.1, 0.15) is 53.5 Å². The first-order valence-electron chi connectivity index (χ1n) is 12.1. The van der Waals surface area contributed by atoms with Crippen LogP contribution in [0.5, 0.6) is 11.5 Å². The minimum absolute atomic E-state index is 0.156. The minimum atomic E-state index is -1.36. The Labute approximate surface area is 213 Å². The third-order valence-electron chi connectivity index (χ3n) is 5.29. The van der Waals surface area contributed by atoms with E-state index < -0.39 is 31.7 Å². The first-order chi connectivity index (χ1) is 16.8. The highest BCUT2D eigenvalue weighted by atomic mass is 28.3. The van der Waals surface area contributed by atoms with Gasteiger partial charge in [0.05, 0.1) is 18.8 Å². The van der Waals surface area contributed by atoms with Crippen LogP contribution in [-0.4, -0.2) is 44.9 Å². The maximum absolute atomic E-state index is 13.1. The van der Waals surface area contributed by atoms with Crippen molar-refractivity contribution in [3.05, 3.63) is 53.1 Å². The summed E-state index contributed by atoms with van der Waals surface area (Å²) in [4.78, 5) is 38.0. The number of benzene rings is 2. The number of rotatable bonds is 5. The lowest BCUT2D eigenvalue weighted by Gasteiger charge is -2.21. The van der Waals surface area contributed by atoms with Crippen LogP contribution in [0.25, 0.3) is 0 Å². The Morgan fingerprint density at radius 2 is 1.86 bits per heavy atom. The van der Waals surface area contributed by atoms with Crippen LogP contribution in [0.4, 0.5) is 10.5 Å². The van der Waals surface area contributed by atoms with E-state index in [0.717, 1.165) is 6.04 Å². The van der Waals surface area contributed by atoms with E-state index in [2.05, 4.69) is 25.0 Å². The summed E-state index contributed by atoms with van der Waals surface area (Å²) in [6.45, 7) is 12.6. The van der Waals surface area contributed by atoms with Crippen molar-refractivity contribution >= 4 is 31.8 Å². The lowest BCUT2D eigenvalue weighted by Crippen LogP contribution is -2.27. The largest absolute Gasteiger partial charge is 0.489 e. The van der Waals surface area contributed by atoms with Crippen molar-refractivity contribution in [3.8, 4) is 11.5 Å². The highest BCUT2D eigenvalue weighted by Crippen LogP contribution is 2.34. The lowest BCUT2D eigenvalue weighted by atomic mass is 10.0. The van der Waals surface area contributed by atoms with Crippen LogP contribution in [0, 0.1) is 0 Å². The molecule has 0 unspecified atom stereocenters. The maximum Gasteiger partial charge on any atom is 0.412 e. The molecule has 0 aromatic heterocycles. The zero-order valence-electron chi connectivity index (χ0n) is 21.9. The van der Waals surface area contributed by atoms with Gasteiger partial charge in [0, 0.05) is 13.8 Å². The van der Waals surface area contributed by atoms with Crippen LogP contribution in [0.3, 0.4) is 0 Å². The Morgan fingerprint density at radius 1 is 1.11 bits per heavy atom. The summed E-state index contributed by atoms with van der Waals surface area (Å²) in [7, 11) is -1.36. The Balaban J connectivity index is 1.80. The number of aryl methyl sites for hydroxylation is 1. The van der Waals surface area contributed by atoms with E-state index in [1.807, 2.05) is 0 Å². The van der Waals surface area contributed by atoms with Gasteiger partial charge in [0.2, 0.25) is 0 Å². The summed E-state index contributed by atoms with van der Waals surface area (Å²) in [5, 5.41) is 2.70. The van der Waals surface area contributed by atoms with E-state index in [1.165, 1.54) is 0 Å². The molecule has 2 aromatic carbocycles. The molecule has 1 amide bonds. The predicted molar refractivity (Wildman–Crippen MR) is 140 cm³/mol. The van der Waals surface area contributed by atoms with Gasteiger partial charge in [-0.2, -0.15) is 0 Å². The van der Waals surface area contributed by atoms with Crippen molar-refractivity contribution in [3.63, 3.8) is 0 Å². The number of hydrogen-bond donors (Lipinski definition) is 1. The highest BCUT2D eigenvalue weighted by Gasteiger charge is 2.25. The molecule has 0 radical (unpaired) electrons. The maximum atomic E-state index is 13.1. The normalized spacial score (nSPS) is 13.9. The molecular formula is C27H35NO7Si. The molecule has 0 saturated heterocycles. The van der Waals surface area contributed by atoms with E-state index in [0.29, 0.717) is 42.9 Å². The quantitative estimate of drug-likeness (QED) is 0.294. The third-order valence-corrected chi connectivity index (χ3v) is 7.00. The Hall–Kier alpha value is -3.33. The SMILES string of the molecule is CC(C)(C)OC(=O)Nc1ccc2c(c1)CCCOc1c(cccc1C(=O)OCC[Si](C)(C)C)OC2=O. The number of amides is 1. The highest BCUT2D eigenvalue weighted by molar-refractivity contribution is 6.76. The monoisotopic (exact) mass is 513 g/mol. The summed E-state index contributed by atoms with van der Waals surface area (Å²) < 4.78 is 22.4. The molecule has 2 aromatic rings. The van der Waals surface area contributed by atoms with E-state index in [1.54, 1.807) is 57.2 Å². The molecule has 0 bridgehead atoms. The van der Waals surface area contributed by atoms with Gasteiger partial charge in [-0.25, -0.2) is 14.4 Å². The number of para-hydroxylation sites is 1. The summed E-state index contributed by atoms with van der Waals surface area (Å²) in [5.41, 5.74) is 1.20. The number of esters is 2. The Bertz CT molecular complexity index is 1130. The van der Waals surface area contributed by atoms with Crippen molar-refractivity contribution in [1.82, 2.24) is 0 Å². The standard InChI is InChI=1S/C27H35NO7Si/c1-27(2,3)35-26(31)28-19-12-13-20-18(17-19)9-8-14-32-23-21(10-7-11-22(23)34-25(20)30)24(29)33-15-16-36(4,5)6/h7,10-13,17H,8-9,14-16H2,1-6H3,(H,28,31). The van der Waals surface area contributed by atoms with Crippen molar-refractivity contribution in [2.45, 2.75) is 64.9 Å². The molecular weight excluding hydrogens is 478 g/mol. The molecule has 194 valence electrons. The second kappa shape index (κ2) is 11.2. The fourth-order valence-electron chi connectivity index (χ4n) is 3.52. The van der Waals surface area contributed by atoms with E-state index in [4.69, 9.17) is 18.9 Å². The van der Waals surface area contributed by atoms with Gasteiger partial charge < -0.3 is 18.9 Å². The molecule has 1 aliphatic heterocycles. The second-order valence-corrected chi connectivity index (χ2v) is 16.5. The van der Waals surface area contributed by atoms with Gasteiger partial charge in [0.25, 0.3) is 0 Å². The summed E-state index contributed by atoms with van der Waals surface area (Å²) in [5.74, 6) is -0.722. The zero-order valence-corrected chi connectivity index (χ0v) is 22.9. The Morgan fingerprint density at radius 3 is 2.56 bits per heavy atom. The van der Waals surface area contributed by atoms with Crippen LogP contribution < -0.4 is 14.8 Å². The Kier molecular flexibility index (Phi) is 8.45. The number of nitrogens with one attached hydrogen (secondary N) is 1. The number of ether oxygens (including phenoxy) is 4. The van der Waals surface area contributed by atoms with Crippen LogP contribution in [-0.2, 0) is 15.9 Å². The van der Waals surface area contributed by atoms with E-state index in [9.17, 15) is 14.4 Å². The van der Waals surface area contributed by atoms with E-state index >= 15 is 0 Å². The number of fused-ring (bicyclic) bond motifs is 2. The molecule has 0 fully saturated rings. The zero-order chi connectivity index (χ0) is 26.5. The van der Waals surface area contributed by atoms with Crippen molar-refractivity contribution in [2.75, 3.05) is 18.5 Å². The van der Waals surface area contributed by atoms with Gasteiger partial charge in [-0.3, -0.25) is 5.32 Å². The topological polar surface area (TPSA) is 100 Å². The number of hydrogen-bond acceptors (Lipinski definition) is 7. The van der Waals surface area contributed by atoms with Crippen molar-refractivity contribution < 1.29 is 33.3 Å². The van der Waals surface area contributed by atoms with Crippen LogP contribution >= 0.6 is 0 Å². The molecule has 0 atom stereocenters. The van der Waals surface area contributed by atoms with Gasteiger partial charge in [-0.15, -0.1) is 0 Å². The third kappa shape index (κ3) is 7.84. The summed E-state index contributed by atoms with van der Waals surface area (Å²) in [6, 6.07) is 10.6. The predicted octanol–water partition coefficient (Wildman–Crippen LogP) is 6.07. The van der Waals surface area contributed by atoms with Crippen molar-refractivity contribution in [1.29, 1.82) is 0 Å². The molecule has 1 N–H and O–H groups in total. The first kappa shape index (κ1) is 27.3. The number of carbonyl (C=O) groups is 3. The van der Waals surface area contributed by atoms with Gasteiger partial charge in [-0.1, -0.05) is 25.7 Å². The lowest BCUT2D eigenvalue weighted by molar-refractivity contribution is 0.0516. The van der Waals surface area contributed by atoms with Gasteiger partial charge >= 0.3 is 18.0 Å². The average Bonchev–Trinajstić information content (AvgIpc) is 2.75. The average molecular weight is 514 g/mol. The number of anilines is 1. The smallest absolute Gasteiger partial charge is 0.412 e. The molecule has 0 aliphatic carbocycles. The number of carbonyl (C=O) groups excluding carboxylic acids is 3. The first-order valence-corrected chi connectivity index (χ1v) is 15.8. The van der Waals surface area contributed by atoms with E-state index in [-0.39, 0.29) is 17.1 Å². The molecule has 36 heavy (non-hydrogen) atoms.